The first-order chi connectivity index (χ1) is 16.1. The third-order valence-electron chi connectivity index (χ3n) is 5.33. The van der Waals surface area contributed by atoms with Gasteiger partial charge >= 0.3 is 12.1 Å². The molecule has 2 aromatic carbocycles. The quantitative estimate of drug-likeness (QED) is 0.572. The minimum Gasteiger partial charge on any atom is -0.497 e. The van der Waals surface area contributed by atoms with E-state index in [1.165, 1.54) is 32.3 Å². The number of methoxy groups -OCH3 is 3. The largest absolute Gasteiger partial charge is 0.497 e. The number of halogens is 1. The third kappa shape index (κ3) is 5.52. The van der Waals surface area contributed by atoms with Crippen molar-refractivity contribution < 1.29 is 37.7 Å². The summed E-state index contributed by atoms with van der Waals surface area (Å²) in [5.41, 5.74) is 1.03. The van der Waals surface area contributed by atoms with Gasteiger partial charge in [0.25, 0.3) is 0 Å². The molecule has 0 bridgehead atoms. The minimum atomic E-state index is -0.933. The highest BCUT2D eigenvalue weighted by atomic mass is 19.1. The molecule has 0 radical (unpaired) electrons. The Labute approximate surface area is 198 Å². The van der Waals surface area contributed by atoms with Gasteiger partial charge in [0.05, 0.1) is 21.3 Å². The highest BCUT2D eigenvalue weighted by Gasteiger charge is 2.39. The number of nitrogens with zero attached hydrogens (tertiary/aromatic N) is 1. The van der Waals surface area contributed by atoms with Gasteiger partial charge in [0, 0.05) is 18.2 Å². The van der Waals surface area contributed by atoms with E-state index in [1.54, 1.807) is 45.0 Å². The molecular formula is C25H30FNO7. The molecule has 0 aromatic heterocycles. The molecule has 0 N–H and O–H groups in total. The van der Waals surface area contributed by atoms with E-state index in [1.807, 2.05) is 0 Å². The Balaban J connectivity index is 1.84. The average Bonchev–Trinajstić information content (AvgIpc) is 2.80. The van der Waals surface area contributed by atoms with Gasteiger partial charge in [-0.1, -0.05) is 6.07 Å². The third-order valence-corrected chi connectivity index (χ3v) is 5.33. The lowest BCUT2D eigenvalue weighted by Gasteiger charge is -2.36. The molecule has 1 aliphatic rings. The van der Waals surface area contributed by atoms with Crippen LogP contribution in [0.5, 0.6) is 17.2 Å². The van der Waals surface area contributed by atoms with Gasteiger partial charge in [0.15, 0.2) is 17.6 Å². The van der Waals surface area contributed by atoms with Crippen LogP contribution in [0, 0.1) is 5.82 Å². The molecular weight excluding hydrogens is 445 g/mol. The maximum Gasteiger partial charge on any atom is 0.411 e. The average molecular weight is 476 g/mol. The van der Waals surface area contributed by atoms with Crippen LogP contribution in [0.3, 0.4) is 0 Å². The number of benzene rings is 2. The summed E-state index contributed by atoms with van der Waals surface area (Å²) in [7, 11) is 4.14. The number of hydrogen-bond donors (Lipinski definition) is 0. The number of hydrogen-bond acceptors (Lipinski definition) is 7. The number of ether oxygens (including phenoxy) is 5. The van der Waals surface area contributed by atoms with Crippen molar-refractivity contribution in [3.05, 3.63) is 52.8 Å². The van der Waals surface area contributed by atoms with Crippen LogP contribution in [0.4, 0.5) is 9.18 Å². The molecule has 0 fully saturated rings. The van der Waals surface area contributed by atoms with Crippen LogP contribution in [0.2, 0.25) is 0 Å². The first kappa shape index (κ1) is 25.1. The van der Waals surface area contributed by atoms with Crippen molar-refractivity contribution in [3.8, 4) is 17.2 Å². The van der Waals surface area contributed by atoms with E-state index < -0.39 is 29.5 Å². The fourth-order valence-electron chi connectivity index (χ4n) is 3.74. The Hall–Kier alpha value is -3.49. The molecule has 0 spiro atoms. The summed E-state index contributed by atoms with van der Waals surface area (Å²) in [5, 5.41) is 0. The van der Waals surface area contributed by atoms with E-state index in [4.69, 9.17) is 23.7 Å². The Morgan fingerprint density at radius 3 is 2.41 bits per heavy atom. The monoisotopic (exact) mass is 475 g/mol. The molecule has 2 aromatic rings. The summed E-state index contributed by atoms with van der Waals surface area (Å²) in [5.74, 6) is -0.0858. The highest BCUT2D eigenvalue weighted by Crippen LogP contribution is 2.35. The van der Waals surface area contributed by atoms with Gasteiger partial charge in [-0.15, -0.1) is 0 Å². The van der Waals surface area contributed by atoms with Gasteiger partial charge < -0.3 is 23.7 Å². The number of carbonyl (C=O) groups is 2. The molecule has 34 heavy (non-hydrogen) atoms. The second-order valence-corrected chi connectivity index (χ2v) is 8.80. The van der Waals surface area contributed by atoms with E-state index in [2.05, 4.69) is 0 Å². The van der Waals surface area contributed by atoms with Crippen LogP contribution < -0.4 is 14.2 Å². The molecule has 1 heterocycles. The van der Waals surface area contributed by atoms with Gasteiger partial charge in [0.1, 0.15) is 23.7 Å². The van der Waals surface area contributed by atoms with Gasteiger partial charge in [-0.3, -0.25) is 4.90 Å². The summed E-state index contributed by atoms with van der Waals surface area (Å²) < 4.78 is 41.1. The molecule has 1 amide bonds. The van der Waals surface area contributed by atoms with Gasteiger partial charge in [-0.05, 0) is 56.5 Å². The van der Waals surface area contributed by atoms with Gasteiger partial charge in [0.2, 0.25) is 0 Å². The molecule has 184 valence electrons. The van der Waals surface area contributed by atoms with Crippen LogP contribution in [0.1, 0.15) is 43.5 Å². The van der Waals surface area contributed by atoms with Crippen molar-refractivity contribution in [1.29, 1.82) is 0 Å². The zero-order valence-corrected chi connectivity index (χ0v) is 20.3. The van der Waals surface area contributed by atoms with Crippen molar-refractivity contribution in [1.82, 2.24) is 4.90 Å². The zero-order valence-electron chi connectivity index (χ0n) is 20.3. The molecule has 9 heteroatoms. The van der Waals surface area contributed by atoms with E-state index in [0.29, 0.717) is 23.5 Å². The van der Waals surface area contributed by atoms with Gasteiger partial charge in [-0.25, -0.2) is 14.0 Å². The molecule has 0 saturated heterocycles. The predicted octanol–water partition coefficient (Wildman–Crippen LogP) is 4.43. The van der Waals surface area contributed by atoms with Crippen LogP contribution in [-0.4, -0.2) is 50.4 Å². The van der Waals surface area contributed by atoms with Crippen LogP contribution in [-0.2, 0) is 27.3 Å². The first-order valence-corrected chi connectivity index (χ1v) is 10.8. The Kier molecular flexibility index (Phi) is 7.54. The maximum atomic E-state index is 14.6. The van der Waals surface area contributed by atoms with E-state index in [0.717, 1.165) is 5.56 Å². The van der Waals surface area contributed by atoms with Crippen molar-refractivity contribution >= 4 is 12.1 Å². The number of amides is 1. The number of carbonyl (C=O) groups excluding carboxylic acids is 2. The SMILES string of the molecule is COC(=O)[C@H]1c2ccc(OCc3cc(OC)cc(OC)c3F)cc2CCN1C(=O)OC(C)(C)C. The smallest absolute Gasteiger partial charge is 0.411 e. The van der Waals surface area contributed by atoms with Crippen molar-refractivity contribution in [2.24, 2.45) is 0 Å². The second-order valence-electron chi connectivity index (χ2n) is 8.80. The number of rotatable bonds is 6. The van der Waals surface area contributed by atoms with Crippen molar-refractivity contribution in [2.75, 3.05) is 27.9 Å². The fourth-order valence-corrected chi connectivity index (χ4v) is 3.74. The number of esters is 1. The predicted molar refractivity (Wildman–Crippen MR) is 122 cm³/mol. The molecule has 0 aliphatic carbocycles. The minimum absolute atomic E-state index is 0.0529. The van der Waals surface area contributed by atoms with Crippen molar-refractivity contribution in [3.63, 3.8) is 0 Å². The maximum absolute atomic E-state index is 14.6. The van der Waals surface area contributed by atoms with Crippen LogP contribution in [0.15, 0.2) is 30.3 Å². The zero-order chi connectivity index (χ0) is 25.0. The van der Waals surface area contributed by atoms with Gasteiger partial charge in [-0.2, -0.15) is 0 Å². The van der Waals surface area contributed by atoms with Crippen LogP contribution >= 0.6 is 0 Å². The lowest BCUT2D eigenvalue weighted by molar-refractivity contribution is -0.147. The lowest BCUT2D eigenvalue weighted by Crippen LogP contribution is -2.46. The number of fused-ring (bicyclic) bond motifs is 1. The molecule has 1 aliphatic heterocycles. The molecule has 3 rings (SSSR count). The Bertz CT molecular complexity index is 1060. The lowest BCUT2D eigenvalue weighted by atomic mass is 9.92. The molecule has 1 atom stereocenters. The second kappa shape index (κ2) is 10.2. The summed E-state index contributed by atoms with van der Waals surface area (Å²) in [6, 6.07) is 7.24. The fraction of sp³-hybridized carbons (Fsp3) is 0.440. The molecule has 0 saturated carbocycles. The highest BCUT2D eigenvalue weighted by molar-refractivity contribution is 5.84. The topological polar surface area (TPSA) is 83.5 Å². The van der Waals surface area contributed by atoms with E-state index in [9.17, 15) is 14.0 Å². The van der Waals surface area contributed by atoms with E-state index >= 15 is 0 Å². The summed E-state index contributed by atoms with van der Waals surface area (Å²) >= 11 is 0. The summed E-state index contributed by atoms with van der Waals surface area (Å²) in [4.78, 5) is 26.7. The Morgan fingerprint density at radius 1 is 1.06 bits per heavy atom. The summed E-state index contributed by atoms with van der Waals surface area (Å²) in [6.45, 7) is 5.51. The standard InChI is InChI=1S/C25H30FNO7/c1-25(2,3)34-24(29)27-10-9-15-11-17(7-8-19(15)22(27)23(28)32-6)33-14-16-12-18(30-4)13-20(31-5)21(16)26/h7-8,11-13,22H,9-10,14H2,1-6H3/t22-/m1/s1. The van der Waals surface area contributed by atoms with Crippen molar-refractivity contribution in [2.45, 2.75) is 45.4 Å². The molecule has 8 nitrogen and oxygen atoms in total. The first-order valence-electron chi connectivity index (χ1n) is 10.8. The Morgan fingerprint density at radius 2 is 1.79 bits per heavy atom. The molecule has 0 unspecified atom stereocenters. The normalized spacial score (nSPS) is 15.3. The van der Waals surface area contributed by atoms with Crippen LogP contribution in [0.25, 0.3) is 0 Å². The summed E-state index contributed by atoms with van der Waals surface area (Å²) in [6.07, 6.45) is -0.100. The van der Waals surface area contributed by atoms with E-state index in [-0.39, 0.29) is 24.5 Å².